The van der Waals surface area contributed by atoms with Crippen LogP contribution < -0.4 is 0 Å². The van der Waals surface area contributed by atoms with Gasteiger partial charge in [-0.1, -0.05) is 29.8 Å². The van der Waals surface area contributed by atoms with Crippen LogP contribution in [0.5, 0.6) is 0 Å². The number of ether oxygens (including phenoxy) is 2. The summed E-state index contributed by atoms with van der Waals surface area (Å²) in [5.74, 6) is -0.921. The molecule has 6 nitrogen and oxygen atoms in total. The Labute approximate surface area is 216 Å². The Bertz CT molecular complexity index is 1250. The SMILES string of the molecule is CCOC(=O)Cc1cc(F)c(Br)cc1COCCc1cc(C(O)c2cccc(Cl)n2)ccc1C#N. The molecule has 0 spiro atoms. The van der Waals surface area contributed by atoms with Crippen molar-refractivity contribution in [2.45, 2.75) is 32.5 Å². The fraction of sp³-hybridized carbons (Fsp3) is 0.269. The normalized spacial score (nSPS) is 11.7. The van der Waals surface area contributed by atoms with Crippen molar-refractivity contribution in [2.75, 3.05) is 13.2 Å². The number of aliphatic hydroxyl groups is 1. The minimum absolute atomic E-state index is 0.0627. The molecular weight excluding hydrogens is 539 g/mol. The second-order valence-corrected chi connectivity index (χ2v) is 8.88. The van der Waals surface area contributed by atoms with Crippen LogP contribution in [0.3, 0.4) is 0 Å². The van der Waals surface area contributed by atoms with Crippen molar-refractivity contribution in [1.29, 1.82) is 5.26 Å². The van der Waals surface area contributed by atoms with Crippen molar-refractivity contribution in [3.63, 3.8) is 0 Å². The highest BCUT2D eigenvalue weighted by Crippen LogP contribution is 2.25. The molecule has 0 amide bonds. The monoisotopic (exact) mass is 560 g/mol. The van der Waals surface area contributed by atoms with Crippen LogP contribution in [0.4, 0.5) is 4.39 Å². The molecule has 1 unspecified atom stereocenters. The van der Waals surface area contributed by atoms with Gasteiger partial charge in [-0.3, -0.25) is 4.79 Å². The molecule has 2 aromatic carbocycles. The molecule has 0 radical (unpaired) electrons. The first-order valence-corrected chi connectivity index (χ1v) is 12.0. The Morgan fingerprint density at radius 2 is 2.03 bits per heavy atom. The smallest absolute Gasteiger partial charge is 0.310 e. The average molecular weight is 562 g/mol. The quantitative estimate of drug-likeness (QED) is 0.201. The maximum absolute atomic E-state index is 14.0. The van der Waals surface area contributed by atoms with Gasteiger partial charge in [0.05, 0.1) is 48.0 Å². The van der Waals surface area contributed by atoms with Gasteiger partial charge >= 0.3 is 5.97 Å². The summed E-state index contributed by atoms with van der Waals surface area (Å²) in [6, 6.07) is 15.1. The number of carbonyl (C=O) groups is 1. The molecule has 0 fully saturated rings. The molecule has 0 aliphatic rings. The van der Waals surface area contributed by atoms with E-state index in [1.807, 2.05) is 0 Å². The van der Waals surface area contributed by atoms with Gasteiger partial charge in [0.25, 0.3) is 0 Å². The molecule has 3 aromatic rings. The number of hydrogen-bond donors (Lipinski definition) is 1. The first-order valence-electron chi connectivity index (χ1n) is 10.9. The number of esters is 1. The van der Waals surface area contributed by atoms with Crippen LogP contribution in [0, 0.1) is 17.1 Å². The zero-order chi connectivity index (χ0) is 25.4. The minimum atomic E-state index is -0.997. The van der Waals surface area contributed by atoms with Gasteiger partial charge in [-0.15, -0.1) is 0 Å². The molecule has 1 aromatic heterocycles. The van der Waals surface area contributed by atoms with E-state index in [1.54, 1.807) is 49.4 Å². The van der Waals surface area contributed by atoms with E-state index in [0.29, 0.717) is 39.9 Å². The number of aromatic nitrogens is 1. The fourth-order valence-electron chi connectivity index (χ4n) is 3.51. The van der Waals surface area contributed by atoms with Crippen molar-refractivity contribution in [2.24, 2.45) is 0 Å². The third kappa shape index (κ3) is 7.33. The highest BCUT2D eigenvalue weighted by atomic mass is 79.9. The molecule has 0 aliphatic heterocycles. The lowest BCUT2D eigenvalue weighted by atomic mass is 9.98. The van der Waals surface area contributed by atoms with E-state index >= 15 is 0 Å². The predicted octanol–water partition coefficient (Wildman–Crippen LogP) is 5.45. The van der Waals surface area contributed by atoms with E-state index in [9.17, 15) is 19.6 Å². The Hall–Kier alpha value is -2.83. The molecule has 0 aliphatic carbocycles. The zero-order valence-corrected chi connectivity index (χ0v) is 21.3. The number of hydrogen-bond acceptors (Lipinski definition) is 6. The number of aliphatic hydroxyl groups excluding tert-OH is 1. The Balaban J connectivity index is 1.69. The summed E-state index contributed by atoms with van der Waals surface area (Å²) in [5, 5.41) is 20.5. The van der Waals surface area contributed by atoms with Crippen molar-refractivity contribution >= 4 is 33.5 Å². The van der Waals surface area contributed by atoms with E-state index < -0.39 is 17.9 Å². The number of benzene rings is 2. The number of carbonyl (C=O) groups excluding carboxylic acids is 1. The molecule has 1 N–H and O–H groups in total. The predicted molar refractivity (Wildman–Crippen MR) is 132 cm³/mol. The third-order valence-electron chi connectivity index (χ3n) is 5.24. The van der Waals surface area contributed by atoms with E-state index in [4.69, 9.17) is 21.1 Å². The first kappa shape index (κ1) is 26.8. The van der Waals surface area contributed by atoms with Gasteiger partial charge in [-0.25, -0.2) is 9.37 Å². The summed E-state index contributed by atoms with van der Waals surface area (Å²) < 4.78 is 25.1. The lowest BCUT2D eigenvalue weighted by Crippen LogP contribution is -2.11. The summed E-state index contributed by atoms with van der Waals surface area (Å²) >= 11 is 9.10. The molecule has 9 heteroatoms. The number of pyridine rings is 1. The average Bonchev–Trinajstić information content (AvgIpc) is 2.84. The van der Waals surface area contributed by atoms with E-state index in [2.05, 4.69) is 27.0 Å². The van der Waals surface area contributed by atoms with Crippen LogP contribution in [0.2, 0.25) is 5.15 Å². The highest BCUT2D eigenvalue weighted by Gasteiger charge is 2.16. The first-order chi connectivity index (χ1) is 16.8. The van der Waals surface area contributed by atoms with Gasteiger partial charge in [0.15, 0.2) is 0 Å². The van der Waals surface area contributed by atoms with Crippen molar-refractivity contribution in [1.82, 2.24) is 4.98 Å². The number of halogens is 3. The maximum atomic E-state index is 14.0. The topological polar surface area (TPSA) is 92.4 Å². The lowest BCUT2D eigenvalue weighted by molar-refractivity contribution is -0.142. The zero-order valence-electron chi connectivity index (χ0n) is 18.9. The summed E-state index contributed by atoms with van der Waals surface area (Å²) in [4.78, 5) is 16.0. The van der Waals surface area contributed by atoms with Gasteiger partial charge in [0, 0.05) is 0 Å². The molecule has 182 valence electrons. The highest BCUT2D eigenvalue weighted by molar-refractivity contribution is 9.10. The molecule has 1 heterocycles. The maximum Gasteiger partial charge on any atom is 0.310 e. The third-order valence-corrected chi connectivity index (χ3v) is 6.06. The van der Waals surface area contributed by atoms with Crippen molar-refractivity contribution in [3.05, 3.63) is 97.5 Å². The van der Waals surface area contributed by atoms with Crippen LogP contribution in [0.15, 0.2) is 53.0 Å². The molecule has 1 atom stereocenters. The molecule has 3 rings (SSSR count). The van der Waals surface area contributed by atoms with Crippen LogP contribution in [0.1, 0.15) is 46.5 Å². The van der Waals surface area contributed by atoms with Crippen LogP contribution in [-0.4, -0.2) is 29.3 Å². The standard InChI is InChI=1S/C26H23BrClFN2O4/c1-2-35-25(32)13-19-12-22(29)21(27)11-20(19)15-34-9-8-16-10-17(6-7-18(16)14-30)26(33)23-4-3-5-24(28)31-23/h3-7,10-12,26,33H,2,8-9,13,15H2,1H3. The van der Waals surface area contributed by atoms with Crippen LogP contribution >= 0.6 is 27.5 Å². The largest absolute Gasteiger partial charge is 0.466 e. The number of nitrogens with zero attached hydrogens (tertiary/aromatic N) is 2. The van der Waals surface area contributed by atoms with E-state index in [1.165, 1.54) is 6.07 Å². The van der Waals surface area contributed by atoms with E-state index in [-0.39, 0.29) is 35.9 Å². The molecule has 0 saturated carbocycles. The van der Waals surface area contributed by atoms with Gasteiger partial charge < -0.3 is 14.6 Å². The van der Waals surface area contributed by atoms with Crippen molar-refractivity contribution < 1.29 is 23.8 Å². The summed E-state index contributed by atoms with van der Waals surface area (Å²) in [6.45, 7) is 2.35. The minimum Gasteiger partial charge on any atom is -0.466 e. The summed E-state index contributed by atoms with van der Waals surface area (Å²) in [7, 11) is 0. The molecule has 35 heavy (non-hydrogen) atoms. The summed E-state index contributed by atoms with van der Waals surface area (Å²) in [6.07, 6.45) is -0.655. The Morgan fingerprint density at radius 3 is 2.74 bits per heavy atom. The Kier molecular flexibility index (Phi) is 9.75. The molecule has 0 saturated heterocycles. The Morgan fingerprint density at radius 1 is 1.23 bits per heavy atom. The lowest BCUT2D eigenvalue weighted by Gasteiger charge is -2.14. The summed E-state index contributed by atoms with van der Waals surface area (Å²) in [5.41, 5.74) is 3.30. The second kappa shape index (κ2) is 12.8. The van der Waals surface area contributed by atoms with E-state index in [0.717, 1.165) is 0 Å². The molecular formula is C26H23BrClFN2O4. The van der Waals surface area contributed by atoms with Gasteiger partial charge in [-0.2, -0.15) is 5.26 Å². The number of nitriles is 1. The number of rotatable bonds is 10. The van der Waals surface area contributed by atoms with Gasteiger partial charge in [0.2, 0.25) is 0 Å². The van der Waals surface area contributed by atoms with Gasteiger partial charge in [-0.05, 0) is 81.9 Å². The van der Waals surface area contributed by atoms with Gasteiger partial charge in [0.1, 0.15) is 17.1 Å². The fourth-order valence-corrected chi connectivity index (χ4v) is 4.07. The van der Waals surface area contributed by atoms with Crippen LogP contribution in [0.25, 0.3) is 0 Å². The van der Waals surface area contributed by atoms with Crippen LogP contribution in [-0.2, 0) is 33.7 Å². The van der Waals surface area contributed by atoms with Crippen molar-refractivity contribution in [3.8, 4) is 6.07 Å². The molecule has 0 bridgehead atoms. The second-order valence-electron chi connectivity index (χ2n) is 7.64.